The summed E-state index contributed by atoms with van der Waals surface area (Å²) >= 11 is 2.18. The molecule has 2 aliphatic heterocycles. The van der Waals surface area contributed by atoms with Crippen molar-refractivity contribution in [3.8, 4) is 0 Å². The van der Waals surface area contributed by atoms with Crippen LogP contribution in [0.5, 0.6) is 0 Å². The Kier molecular flexibility index (Phi) is 6.76. The zero-order valence-electron chi connectivity index (χ0n) is 17.7. The van der Waals surface area contributed by atoms with Gasteiger partial charge in [-0.15, -0.1) is 11.8 Å². The SMILES string of the molecule is CON=C(C(=O)NC1C(=O)N2C(C(=O)[O-])=C(C[n+]3ccc(CO)cc3)CS[C@@H]12)c1nsc(N)n1. The lowest BCUT2D eigenvalue weighted by molar-refractivity contribution is -0.689. The molecule has 2 amide bonds. The number of β-lactam (4-membered cyclic amide) rings is 1. The number of aliphatic hydroxyl groups excluding tert-OH is 1. The number of nitrogens with one attached hydrogen (secondary N) is 1. The molecule has 0 radical (unpaired) electrons. The highest BCUT2D eigenvalue weighted by molar-refractivity contribution is 8.00. The summed E-state index contributed by atoms with van der Waals surface area (Å²) in [4.78, 5) is 47.3. The number of carbonyl (C=O) groups is 3. The molecule has 178 valence electrons. The van der Waals surface area contributed by atoms with E-state index in [0.717, 1.165) is 16.4 Å². The summed E-state index contributed by atoms with van der Waals surface area (Å²) in [5, 5.41) is 26.8. The fourth-order valence-corrected chi connectivity index (χ4v) is 5.30. The highest BCUT2D eigenvalue weighted by atomic mass is 32.2. The minimum Gasteiger partial charge on any atom is -0.543 e. The van der Waals surface area contributed by atoms with Crippen LogP contribution < -0.4 is 20.7 Å². The summed E-state index contributed by atoms with van der Waals surface area (Å²) in [6, 6.07) is 2.44. The molecule has 2 aromatic rings. The number of carbonyl (C=O) groups excluding carboxylic acids is 3. The highest BCUT2D eigenvalue weighted by Gasteiger charge is 2.53. The molecule has 0 spiro atoms. The van der Waals surface area contributed by atoms with Gasteiger partial charge in [0.25, 0.3) is 11.8 Å². The molecule has 0 saturated carbocycles. The van der Waals surface area contributed by atoms with Crippen LogP contribution >= 0.6 is 23.3 Å². The number of rotatable bonds is 8. The molecule has 2 aliphatic rings. The molecular weight excluding hydrogens is 486 g/mol. The first-order valence-corrected chi connectivity index (χ1v) is 11.6. The molecule has 34 heavy (non-hydrogen) atoms. The molecule has 2 aromatic heterocycles. The Bertz CT molecular complexity index is 1200. The Labute approximate surface area is 201 Å². The first-order chi connectivity index (χ1) is 16.3. The van der Waals surface area contributed by atoms with E-state index in [0.29, 0.717) is 16.9 Å². The molecule has 13 nitrogen and oxygen atoms in total. The van der Waals surface area contributed by atoms with Gasteiger partial charge in [0.2, 0.25) is 11.5 Å². The van der Waals surface area contributed by atoms with E-state index in [-0.39, 0.29) is 35.5 Å². The maximum absolute atomic E-state index is 12.9. The Balaban J connectivity index is 1.52. The molecule has 1 fully saturated rings. The average molecular weight is 506 g/mol. The van der Waals surface area contributed by atoms with E-state index < -0.39 is 29.2 Å². The molecule has 4 rings (SSSR count). The third-order valence-electron chi connectivity index (χ3n) is 5.09. The summed E-state index contributed by atoms with van der Waals surface area (Å²) < 4.78 is 5.67. The molecule has 4 N–H and O–H groups in total. The van der Waals surface area contributed by atoms with E-state index in [9.17, 15) is 24.6 Å². The van der Waals surface area contributed by atoms with Gasteiger partial charge in [-0.3, -0.25) is 14.5 Å². The van der Waals surface area contributed by atoms with Gasteiger partial charge in [0, 0.05) is 35.0 Å². The van der Waals surface area contributed by atoms with Gasteiger partial charge in [0.1, 0.15) is 18.5 Å². The van der Waals surface area contributed by atoms with Crippen molar-refractivity contribution < 1.29 is 34.0 Å². The van der Waals surface area contributed by atoms with Crippen molar-refractivity contribution in [2.24, 2.45) is 5.16 Å². The van der Waals surface area contributed by atoms with Gasteiger partial charge in [0.05, 0.1) is 18.3 Å². The Morgan fingerprint density at radius 2 is 2.18 bits per heavy atom. The topological polar surface area (TPSA) is 187 Å². The highest BCUT2D eigenvalue weighted by Crippen LogP contribution is 2.40. The number of aliphatic hydroxyl groups is 1. The number of hydrogen-bond acceptors (Lipinski definition) is 12. The number of pyridine rings is 1. The third kappa shape index (κ3) is 4.44. The monoisotopic (exact) mass is 505 g/mol. The van der Waals surface area contributed by atoms with Crippen molar-refractivity contribution in [3.05, 3.63) is 47.2 Å². The zero-order chi connectivity index (χ0) is 24.4. The van der Waals surface area contributed by atoms with E-state index in [1.807, 2.05) is 0 Å². The number of anilines is 1. The maximum atomic E-state index is 12.9. The van der Waals surface area contributed by atoms with Gasteiger partial charge in [-0.25, -0.2) is 4.57 Å². The Hall–Kier alpha value is -3.56. The van der Waals surface area contributed by atoms with Gasteiger partial charge in [-0.05, 0) is 5.56 Å². The van der Waals surface area contributed by atoms with Gasteiger partial charge in [-0.2, -0.15) is 9.36 Å². The lowest BCUT2D eigenvalue weighted by Crippen LogP contribution is -2.71. The number of amides is 2. The smallest absolute Gasteiger partial charge is 0.278 e. The van der Waals surface area contributed by atoms with Crippen LogP contribution in [0.15, 0.2) is 41.0 Å². The Morgan fingerprint density at radius 1 is 1.44 bits per heavy atom. The lowest BCUT2D eigenvalue weighted by Gasteiger charge is -2.50. The standard InChI is InChI=1S/C19H19N7O6S2/c1-32-23-11(14-22-19(20)34-24-14)15(28)21-12-16(29)26-13(18(30)31)10(8-33-17(12)26)6-25-4-2-9(7-27)3-5-25/h2-5,12,17,27H,6-8H2,1H3,(H3-,20,21,22,24,28,30,31)/t12?,17-/m0/s1. The number of oxime groups is 1. The first kappa shape index (κ1) is 23.6. The molecule has 0 bridgehead atoms. The number of aromatic nitrogens is 3. The van der Waals surface area contributed by atoms with Crippen molar-refractivity contribution in [2.45, 2.75) is 24.6 Å². The van der Waals surface area contributed by atoms with E-state index in [2.05, 4.69) is 24.7 Å². The number of nitrogens with zero attached hydrogens (tertiary/aromatic N) is 5. The van der Waals surface area contributed by atoms with Gasteiger partial charge in [-0.1, -0.05) is 5.16 Å². The van der Waals surface area contributed by atoms with Crippen LogP contribution in [-0.4, -0.2) is 67.1 Å². The van der Waals surface area contributed by atoms with Crippen LogP contribution in [0.3, 0.4) is 0 Å². The van der Waals surface area contributed by atoms with Gasteiger partial charge >= 0.3 is 0 Å². The normalized spacial score (nSPS) is 20.0. The summed E-state index contributed by atoms with van der Waals surface area (Å²) in [5.41, 5.74) is 6.29. The lowest BCUT2D eigenvalue weighted by atomic mass is 10.0. The minimum atomic E-state index is -1.48. The van der Waals surface area contributed by atoms with Crippen LogP contribution in [0.4, 0.5) is 5.13 Å². The number of hydrogen-bond donors (Lipinski definition) is 3. The zero-order valence-corrected chi connectivity index (χ0v) is 19.3. The van der Waals surface area contributed by atoms with Crippen LogP contribution in [0.1, 0.15) is 11.4 Å². The number of nitrogen functional groups attached to an aromatic ring is 1. The van der Waals surface area contributed by atoms with Crippen LogP contribution in [0.2, 0.25) is 0 Å². The molecule has 0 aliphatic carbocycles. The Morgan fingerprint density at radius 3 is 2.76 bits per heavy atom. The van der Waals surface area contributed by atoms with Crippen LogP contribution in [-0.2, 0) is 32.4 Å². The number of thioether (sulfide) groups is 1. The van der Waals surface area contributed by atoms with Gasteiger partial charge < -0.3 is 30.9 Å². The maximum Gasteiger partial charge on any atom is 0.278 e. The largest absolute Gasteiger partial charge is 0.543 e. The quantitative estimate of drug-likeness (QED) is 0.148. The van der Waals surface area contributed by atoms with Gasteiger partial charge in [0.15, 0.2) is 24.1 Å². The van der Waals surface area contributed by atoms with Crippen LogP contribution in [0, 0.1) is 0 Å². The summed E-state index contributed by atoms with van der Waals surface area (Å²) in [6.45, 7) is 0.112. The van der Waals surface area contributed by atoms with E-state index in [4.69, 9.17) is 5.73 Å². The number of carboxylic acids is 1. The van der Waals surface area contributed by atoms with E-state index >= 15 is 0 Å². The summed E-state index contributed by atoms with van der Waals surface area (Å²) in [7, 11) is 1.24. The third-order valence-corrected chi connectivity index (χ3v) is 6.98. The van der Waals surface area contributed by atoms with E-state index in [1.165, 1.54) is 18.9 Å². The van der Waals surface area contributed by atoms with Crippen molar-refractivity contribution >= 4 is 51.9 Å². The average Bonchev–Trinajstić information content (AvgIpc) is 3.26. The second-order valence-electron chi connectivity index (χ2n) is 7.22. The fraction of sp³-hybridized carbons (Fsp3) is 0.316. The molecule has 15 heteroatoms. The minimum absolute atomic E-state index is 0.0522. The number of fused-ring (bicyclic) bond motifs is 1. The number of aliphatic carboxylic acids is 1. The molecule has 0 aromatic carbocycles. The van der Waals surface area contributed by atoms with Crippen molar-refractivity contribution in [1.82, 2.24) is 19.6 Å². The van der Waals surface area contributed by atoms with Crippen molar-refractivity contribution in [2.75, 3.05) is 18.6 Å². The van der Waals surface area contributed by atoms with Crippen molar-refractivity contribution in [3.63, 3.8) is 0 Å². The number of nitrogens with two attached hydrogens (primary N) is 1. The predicted octanol–water partition coefficient (Wildman–Crippen LogP) is -2.65. The molecule has 1 unspecified atom stereocenters. The molecule has 2 atom stereocenters. The summed E-state index contributed by atoms with van der Waals surface area (Å²) in [5.74, 6) is -2.58. The molecular formula is C19H19N7O6S2. The van der Waals surface area contributed by atoms with Crippen molar-refractivity contribution in [1.29, 1.82) is 0 Å². The van der Waals surface area contributed by atoms with E-state index in [1.54, 1.807) is 29.1 Å². The molecule has 1 saturated heterocycles. The number of carboxylic acid groups (broad SMARTS) is 1. The summed E-state index contributed by atoms with van der Waals surface area (Å²) in [6.07, 6.45) is 3.41. The fourth-order valence-electron chi connectivity index (χ4n) is 3.53. The molecule has 4 heterocycles. The first-order valence-electron chi connectivity index (χ1n) is 9.82. The second kappa shape index (κ2) is 9.74. The van der Waals surface area contributed by atoms with Crippen LogP contribution in [0.25, 0.3) is 0 Å². The second-order valence-corrected chi connectivity index (χ2v) is 9.10. The predicted molar refractivity (Wildman–Crippen MR) is 117 cm³/mol.